The fourth-order valence-corrected chi connectivity index (χ4v) is 4.56. The summed E-state index contributed by atoms with van der Waals surface area (Å²) in [6, 6.07) is 1.48. The van der Waals surface area contributed by atoms with Crippen LogP contribution in [0.15, 0.2) is 10.6 Å². The van der Waals surface area contributed by atoms with Crippen molar-refractivity contribution in [3.63, 3.8) is 0 Å². The minimum atomic E-state index is -2.61. The Bertz CT molecular complexity index is 830. The first-order chi connectivity index (χ1) is 13.0. The topological polar surface area (TPSA) is 59.2 Å². The van der Waals surface area contributed by atoms with E-state index in [-0.39, 0.29) is 29.0 Å². The van der Waals surface area contributed by atoms with Crippen LogP contribution in [0.2, 0.25) is 0 Å². The van der Waals surface area contributed by atoms with E-state index in [1.54, 1.807) is 6.92 Å². The molecule has 1 aliphatic carbocycles. The van der Waals surface area contributed by atoms with Crippen molar-refractivity contribution >= 4 is 17.0 Å². The highest BCUT2D eigenvalue weighted by Gasteiger charge is 2.32. The van der Waals surface area contributed by atoms with Gasteiger partial charge < -0.3 is 9.42 Å². The highest BCUT2D eigenvalue weighted by atomic mass is 19.3. The molecule has 0 spiro atoms. The summed E-state index contributed by atoms with van der Waals surface area (Å²) in [7, 11) is 0. The number of amides is 1. The van der Waals surface area contributed by atoms with E-state index < -0.39 is 6.43 Å². The number of alkyl halides is 2. The lowest BCUT2D eigenvalue weighted by atomic mass is 9.86. The summed E-state index contributed by atoms with van der Waals surface area (Å²) in [6.45, 7) is 2.94. The Hall–Kier alpha value is -2.05. The van der Waals surface area contributed by atoms with E-state index in [9.17, 15) is 13.6 Å². The monoisotopic (exact) mass is 377 g/mol. The minimum absolute atomic E-state index is 0.0430. The summed E-state index contributed by atoms with van der Waals surface area (Å²) in [6.07, 6.45) is 4.47. The van der Waals surface area contributed by atoms with E-state index in [1.807, 2.05) is 4.90 Å². The number of aromatic nitrogens is 2. The van der Waals surface area contributed by atoms with Gasteiger partial charge in [-0.1, -0.05) is 24.4 Å². The summed E-state index contributed by atoms with van der Waals surface area (Å²) in [5, 5.41) is 4.10. The normalized spacial score (nSPS) is 21.9. The molecule has 0 aromatic carbocycles. The molecule has 0 unspecified atom stereocenters. The molecule has 5 nitrogen and oxygen atoms in total. The van der Waals surface area contributed by atoms with Crippen molar-refractivity contribution in [1.82, 2.24) is 15.0 Å². The number of rotatable bonds is 3. The number of aryl methyl sites for hydroxylation is 1. The number of carbonyl (C=O) groups excluding carboxylic acids is 1. The Morgan fingerprint density at radius 1 is 1.22 bits per heavy atom. The zero-order chi connectivity index (χ0) is 19.0. The van der Waals surface area contributed by atoms with Crippen LogP contribution in [0.25, 0.3) is 11.1 Å². The quantitative estimate of drug-likeness (QED) is 0.774. The first-order valence-corrected chi connectivity index (χ1v) is 9.88. The number of likely N-dealkylation sites (tertiary alicyclic amines) is 1. The van der Waals surface area contributed by atoms with E-state index >= 15 is 0 Å². The molecular weight excluding hydrogens is 352 g/mol. The number of piperidine rings is 1. The number of fused-ring (bicyclic) bond motifs is 1. The molecule has 1 saturated carbocycles. The van der Waals surface area contributed by atoms with Gasteiger partial charge in [0.15, 0.2) is 0 Å². The zero-order valence-corrected chi connectivity index (χ0v) is 15.6. The van der Waals surface area contributed by atoms with Crippen molar-refractivity contribution in [3.8, 4) is 0 Å². The van der Waals surface area contributed by atoms with Crippen LogP contribution in [0.4, 0.5) is 8.78 Å². The average molecular weight is 377 g/mol. The molecule has 0 N–H and O–H groups in total. The van der Waals surface area contributed by atoms with E-state index in [1.165, 1.54) is 12.5 Å². The van der Waals surface area contributed by atoms with Gasteiger partial charge in [0.25, 0.3) is 12.1 Å². The van der Waals surface area contributed by atoms with Crippen LogP contribution in [0.5, 0.6) is 0 Å². The summed E-state index contributed by atoms with van der Waals surface area (Å²) in [5.74, 6) is 0.310. The van der Waals surface area contributed by atoms with Gasteiger partial charge in [-0.25, -0.2) is 13.8 Å². The van der Waals surface area contributed by atoms with Crippen LogP contribution in [-0.4, -0.2) is 34.0 Å². The van der Waals surface area contributed by atoms with Gasteiger partial charge in [0.2, 0.25) is 5.91 Å². The van der Waals surface area contributed by atoms with Crippen molar-refractivity contribution in [3.05, 3.63) is 23.0 Å². The third-order valence-electron chi connectivity index (χ3n) is 6.01. The second-order valence-corrected chi connectivity index (χ2v) is 7.84. The third-order valence-corrected chi connectivity index (χ3v) is 6.01. The smallest absolute Gasteiger partial charge is 0.264 e. The first-order valence-electron chi connectivity index (χ1n) is 9.88. The van der Waals surface area contributed by atoms with Crippen molar-refractivity contribution in [2.24, 2.45) is 5.92 Å². The molecule has 2 aliphatic rings. The summed E-state index contributed by atoms with van der Waals surface area (Å²) in [4.78, 5) is 19.3. The number of hydrogen-bond donors (Lipinski definition) is 0. The number of pyridine rings is 1. The van der Waals surface area contributed by atoms with Crippen LogP contribution in [0.3, 0.4) is 0 Å². The molecule has 1 aliphatic heterocycles. The molecule has 0 bridgehead atoms. The number of halogens is 2. The molecular formula is C20H25F2N3O2. The molecule has 2 aromatic heterocycles. The Morgan fingerprint density at radius 2 is 2.00 bits per heavy atom. The highest BCUT2D eigenvalue weighted by molar-refractivity contribution is 5.81. The van der Waals surface area contributed by atoms with Crippen molar-refractivity contribution in [2.75, 3.05) is 13.1 Å². The predicted octanol–water partition coefficient (Wildman–Crippen LogP) is 4.76. The molecule has 0 radical (unpaired) electrons. The van der Waals surface area contributed by atoms with Crippen LogP contribution in [0, 0.1) is 12.8 Å². The predicted molar refractivity (Wildman–Crippen MR) is 96.6 cm³/mol. The molecule has 2 fully saturated rings. The lowest BCUT2D eigenvalue weighted by molar-refractivity contribution is -0.137. The van der Waals surface area contributed by atoms with Gasteiger partial charge in [-0.05, 0) is 38.7 Å². The van der Waals surface area contributed by atoms with Gasteiger partial charge in [0, 0.05) is 36.2 Å². The van der Waals surface area contributed by atoms with Crippen molar-refractivity contribution < 1.29 is 18.1 Å². The molecule has 1 amide bonds. The molecule has 146 valence electrons. The molecule has 3 heterocycles. The summed E-state index contributed by atoms with van der Waals surface area (Å²) >= 11 is 0. The van der Waals surface area contributed by atoms with Crippen LogP contribution < -0.4 is 0 Å². The maximum Gasteiger partial charge on any atom is 0.264 e. The number of nitrogens with zero attached hydrogens (tertiary/aromatic N) is 3. The van der Waals surface area contributed by atoms with Crippen LogP contribution in [0.1, 0.15) is 74.2 Å². The Morgan fingerprint density at radius 3 is 2.74 bits per heavy atom. The molecule has 1 saturated heterocycles. The van der Waals surface area contributed by atoms with E-state index in [2.05, 4.69) is 10.1 Å². The van der Waals surface area contributed by atoms with Crippen molar-refractivity contribution in [1.29, 1.82) is 0 Å². The maximum absolute atomic E-state index is 13.6. The fraction of sp³-hybridized carbons (Fsp3) is 0.650. The zero-order valence-electron chi connectivity index (χ0n) is 15.6. The SMILES string of the molecule is Cc1noc2nc([C@H]3CCCN(C(=O)C4CCCCC4)C3)cc(C(F)F)c12. The van der Waals surface area contributed by atoms with Crippen LogP contribution in [-0.2, 0) is 4.79 Å². The summed E-state index contributed by atoms with van der Waals surface area (Å²) in [5.41, 5.74) is 1.09. The molecule has 1 atom stereocenters. The van der Waals surface area contributed by atoms with Gasteiger partial charge in [-0.3, -0.25) is 4.79 Å². The van der Waals surface area contributed by atoms with Crippen LogP contribution >= 0.6 is 0 Å². The largest absolute Gasteiger partial charge is 0.342 e. The van der Waals surface area contributed by atoms with E-state index in [0.29, 0.717) is 23.3 Å². The van der Waals surface area contributed by atoms with E-state index in [0.717, 1.165) is 45.1 Å². The minimum Gasteiger partial charge on any atom is -0.342 e. The maximum atomic E-state index is 13.6. The Kier molecular flexibility index (Phi) is 5.10. The van der Waals surface area contributed by atoms with Gasteiger partial charge in [0.1, 0.15) is 0 Å². The lowest BCUT2D eigenvalue weighted by Gasteiger charge is -2.35. The van der Waals surface area contributed by atoms with E-state index in [4.69, 9.17) is 4.52 Å². The molecule has 27 heavy (non-hydrogen) atoms. The molecule has 7 heteroatoms. The summed E-state index contributed by atoms with van der Waals surface area (Å²) < 4.78 is 32.3. The molecule has 2 aromatic rings. The Labute approximate surface area is 157 Å². The molecule has 4 rings (SSSR count). The number of hydrogen-bond acceptors (Lipinski definition) is 4. The highest BCUT2D eigenvalue weighted by Crippen LogP contribution is 2.35. The van der Waals surface area contributed by atoms with Gasteiger partial charge in [0.05, 0.1) is 11.1 Å². The van der Waals surface area contributed by atoms with Gasteiger partial charge in [-0.15, -0.1) is 0 Å². The van der Waals surface area contributed by atoms with Crippen molar-refractivity contribution in [2.45, 2.75) is 64.2 Å². The standard InChI is InChI=1S/C20H25F2N3O2/c1-12-17-15(18(21)22)10-16(23-19(17)27-24-12)14-8-5-9-25(11-14)20(26)13-6-3-2-4-7-13/h10,13-14,18H,2-9,11H2,1H3/t14-/m0/s1. The van der Waals surface area contributed by atoms with Gasteiger partial charge >= 0.3 is 0 Å². The first kappa shape index (κ1) is 18.3. The lowest BCUT2D eigenvalue weighted by Crippen LogP contribution is -2.43. The Balaban J connectivity index is 1.58. The second-order valence-electron chi connectivity index (χ2n) is 7.84. The van der Waals surface area contributed by atoms with Gasteiger partial charge in [-0.2, -0.15) is 0 Å². The number of carbonyl (C=O) groups is 1. The average Bonchev–Trinajstić information content (AvgIpc) is 3.08. The third kappa shape index (κ3) is 3.56. The fourth-order valence-electron chi connectivity index (χ4n) is 4.56. The second kappa shape index (κ2) is 7.52.